The van der Waals surface area contributed by atoms with Gasteiger partial charge in [0.25, 0.3) is 5.56 Å². The fraction of sp³-hybridized carbons (Fsp3) is 0.500. The van der Waals surface area contributed by atoms with Crippen LogP contribution in [0.4, 0.5) is 0 Å². The molecule has 0 radical (unpaired) electrons. The molecule has 5 rings (SSSR count). The Morgan fingerprint density at radius 2 is 1.89 bits per heavy atom. The lowest BCUT2D eigenvalue weighted by atomic mass is 10.1. The minimum atomic E-state index is -0.0987. The molecule has 4 bridgehead atoms. The maximum atomic E-state index is 13.4. The second kappa shape index (κ2) is 11.1. The third-order valence-corrected chi connectivity index (χ3v) is 8.88. The number of hydrogen-bond acceptors (Lipinski definition) is 7. The Morgan fingerprint density at radius 3 is 2.68 bits per heavy atom. The van der Waals surface area contributed by atoms with Gasteiger partial charge in [0.1, 0.15) is 5.76 Å². The van der Waals surface area contributed by atoms with Crippen LogP contribution >= 0.6 is 11.5 Å². The van der Waals surface area contributed by atoms with E-state index in [2.05, 4.69) is 46.6 Å². The summed E-state index contributed by atoms with van der Waals surface area (Å²) in [6.45, 7) is 6.58. The largest absolute Gasteiger partial charge is 0.497 e. The van der Waals surface area contributed by atoms with Crippen molar-refractivity contribution in [2.45, 2.75) is 45.1 Å². The molecule has 37 heavy (non-hydrogen) atoms. The van der Waals surface area contributed by atoms with Crippen LogP contribution in [0.3, 0.4) is 0 Å². The highest BCUT2D eigenvalue weighted by Crippen LogP contribution is 2.28. The predicted molar refractivity (Wildman–Crippen MR) is 148 cm³/mol. The molecule has 8 nitrogen and oxygen atoms in total. The standard InChI is InChI=1S/C28H37N5O3S/c1-19-7-4-5-14-36-22-16-21(32-12-10-31(3)11-13-32)17-25(24(18-22)29-2)30-26(34)15-20-8-6-9-23-27(20)37-33(19)28(23)35/h6,8-9,16-17,19,29H,4-5,7,10-15,18H2,1-3H3,(H,30,34). The van der Waals surface area contributed by atoms with Crippen LogP contribution in [0.15, 0.2) is 58.0 Å². The normalized spacial score (nSPS) is 22.3. The molecule has 3 aliphatic rings. The number of carbonyl (C=O) groups excluding carboxylic acids is 1. The van der Waals surface area contributed by atoms with E-state index in [4.69, 9.17) is 4.74 Å². The predicted octanol–water partition coefficient (Wildman–Crippen LogP) is 3.33. The zero-order valence-electron chi connectivity index (χ0n) is 22.0. The van der Waals surface area contributed by atoms with Crippen molar-refractivity contribution in [2.75, 3.05) is 46.9 Å². The van der Waals surface area contributed by atoms with Crippen molar-refractivity contribution in [1.29, 1.82) is 0 Å². The van der Waals surface area contributed by atoms with Gasteiger partial charge in [0.2, 0.25) is 5.91 Å². The monoisotopic (exact) mass is 523 g/mol. The second-order valence-corrected chi connectivity index (χ2v) is 11.2. The van der Waals surface area contributed by atoms with Gasteiger partial charge in [-0.05, 0) is 57.0 Å². The van der Waals surface area contributed by atoms with E-state index in [0.717, 1.165) is 78.6 Å². The number of carbonyl (C=O) groups is 1. The number of amides is 1. The number of hydrogen-bond donors (Lipinski definition) is 2. The number of aromatic nitrogens is 1. The fourth-order valence-electron chi connectivity index (χ4n) is 5.22. The number of allylic oxidation sites excluding steroid dienone is 2. The molecular formula is C28H37N5O3S. The van der Waals surface area contributed by atoms with Crippen molar-refractivity contribution in [2.24, 2.45) is 0 Å². The molecule has 0 spiro atoms. The molecule has 1 amide bonds. The summed E-state index contributed by atoms with van der Waals surface area (Å²) in [5.74, 6) is 0.804. The molecule has 1 saturated heterocycles. The third-order valence-electron chi connectivity index (χ3n) is 7.49. The molecule has 2 aromatic rings. The molecular weight excluding hydrogens is 486 g/mol. The number of ether oxygens (including phenoxy) is 1. The van der Waals surface area contributed by atoms with Gasteiger partial charge < -0.3 is 25.2 Å². The van der Waals surface area contributed by atoms with Gasteiger partial charge in [-0.3, -0.25) is 13.5 Å². The lowest BCUT2D eigenvalue weighted by Crippen LogP contribution is -2.43. The Labute approximate surface area is 222 Å². The van der Waals surface area contributed by atoms with Crippen molar-refractivity contribution in [3.05, 3.63) is 69.1 Å². The molecule has 0 saturated carbocycles. The SMILES string of the molecule is CNC1=C2C=C(N3CCN(C)CC3)C=C(C1)OCCCCC(C)n1sc3c(cccc3c1=O)CC(=O)N2. The number of piperazine rings is 1. The molecule has 9 heteroatoms. The van der Waals surface area contributed by atoms with Crippen molar-refractivity contribution < 1.29 is 9.53 Å². The highest BCUT2D eigenvalue weighted by Gasteiger charge is 2.22. The first-order chi connectivity index (χ1) is 17.9. The van der Waals surface area contributed by atoms with Crippen molar-refractivity contribution in [3.8, 4) is 0 Å². The maximum Gasteiger partial charge on any atom is 0.268 e. The van der Waals surface area contributed by atoms with Crippen LogP contribution in [0.25, 0.3) is 10.1 Å². The van der Waals surface area contributed by atoms with Gasteiger partial charge in [0, 0.05) is 57.1 Å². The molecule has 3 heterocycles. The van der Waals surface area contributed by atoms with Gasteiger partial charge in [0.05, 0.1) is 28.8 Å². The number of nitrogens with one attached hydrogen (secondary N) is 2. The molecule has 2 N–H and O–H groups in total. The van der Waals surface area contributed by atoms with E-state index < -0.39 is 0 Å². The minimum absolute atomic E-state index is 0.0352. The van der Waals surface area contributed by atoms with E-state index >= 15 is 0 Å². The van der Waals surface area contributed by atoms with Crippen molar-refractivity contribution >= 4 is 27.5 Å². The summed E-state index contributed by atoms with van der Waals surface area (Å²) in [4.78, 5) is 31.2. The summed E-state index contributed by atoms with van der Waals surface area (Å²) >= 11 is 1.48. The van der Waals surface area contributed by atoms with Gasteiger partial charge >= 0.3 is 0 Å². The topological polar surface area (TPSA) is 78.8 Å². The summed E-state index contributed by atoms with van der Waals surface area (Å²) in [6.07, 6.45) is 7.82. The number of nitrogens with zero attached hydrogens (tertiary/aromatic N) is 3. The first-order valence-electron chi connectivity index (χ1n) is 13.3. The van der Waals surface area contributed by atoms with E-state index in [-0.39, 0.29) is 23.9 Å². The van der Waals surface area contributed by atoms with Crippen LogP contribution in [0, 0.1) is 0 Å². The van der Waals surface area contributed by atoms with Crippen molar-refractivity contribution in [1.82, 2.24) is 24.4 Å². The summed E-state index contributed by atoms with van der Waals surface area (Å²) in [5, 5.41) is 7.18. The summed E-state index contributed by atoms with van der Waals surface area (Å²) < 4.78 is 9.07. The molecule has 1 atom stereocenters. The second-order valence-electron chi connectivity index (χ2n) is 10.2. The Kier molecular flexibility index (Phi) is 7.71. The van der Waals surface area contributed by atoms with E-state index in [1.54, 1.807) is 0 Å². The van der Waals surface area contributed by atoms with Crippen LogP contribution in [-0.4, -0.2) is 66.5 Å². The van der Waals surface area contributed by atoms with Crippen LogP contribution in [0.5, 0.6) is 0 Å². The first kappa shape index (κ1) is 25.6. The quantitative estimate of drug-likeness (QED) is 0.629. The van der Waals surface area contributed by atoms with Crippen LogP contribution < -0.4 is 16.2 Å². The average molecular weight is 524 g/mol. The van der Waals surface area contributed by atoms with Crippen LogP contribution in [0.2, 0.25) is 0 Å². The molecule has 1 aliphatic carbocycles. The zero-order chi connectivity index (χ0) is 25.9. The fourth-order valence-corrected chi connectivity index (χ4v) is 6.39. The number of benzene rings is 1. The van der Waals surface area contributed by atoms with E-state index in [1.807, 2.05) is 29.2 Å². The molecule has 2 aliphatic heterocycles. The van der Waals surface area contributed by atoms with Gasteiger partial charge in [-0.2, -0.15) is 0 Å². The Bertz CT molecular complexity index is 1310. The summed E-state index contributed by atoms with van der Waals surface area (Å²) in [5.41, 5.74) is 3.68. The van der Waals surface area contributed by atoms with Gasteiger partial charge in [0.15, 0.2) is 0 Å². The van der Waals surface area contributed by atoms with Crippen LogP contribution in [-0.2, 0) is 16.0 Å². The lowest BCUT2D eigenvalue weighted by Gasteiger charge is -2.34. The first-order valence-corrected chi connectivity index (χ1v) is 14.0. The highest BCUT2D eigenvalue weighted by atomic mass is 32.1. The van der Waals surface area contributed by atoms with E-state index in [1.165, 1.54) is 11.5 Å². The van der Waals surface area contributed by atoms with E-state index in [9.17, 15) is 9.59 Å². The van der Waals surface area contributed by atoms with Gasteiger partial charge in [-0.25, -0.2) is 0 Å². The smallest absolute Gasteiger partial charge is 0.268 e. The number of likely N-dealkylation sites (N-methyl/N-ethyl adjacent to an activating group) is 1. The summed E-state index contributed by atoms with van der Waals surface area (Å²) in [6, 6.07) is 5.82. The van der Waals surface area contributed by atoms with Gasteiger partial charge in [-0.15, -0.1) is 0 Å². The molecule has 198 valence electrons. The van der Waals surface area contributed by atoms with E-state index in [0.29, 0.717) is 18.4 Å². The lowest BCUT2D eigenvalue weighted by molar-refractivity contribution is -0.119. The molecule has 1 unspecified atom stereocenters. The third kappa shape index (κ3) is 5.62. The molecule has 1 aromatic carbocycles. The van der Waals surface area contributed by atoms with Crippen LogP contribution in [0.1, 0.15) is 44.2 Å². The zero-order valence-corrected chi connectivity index (χ0v) is 22.8. The Hall–Kier alpha value is -3.04. The molecule has 1 aromatic heterocycles. The summed E-state index contributed by atoms with van der Waals surface area (Å²) in [7, 11) is 4.04. The van der Waals surface area contributed by atoms with Gasteiger partial charge in [-0.1, -0.05) is 23.7 Å². The Balaban J connectivity index is 1.52. The van der Waals surface area contributed by atoms with Crippen molar-refractivity contribution in [3.63, 3.8) is 0 Å². The average Bonchev–Trinajstić information content (AvgIpc) is 3.12. The maximum absolute atomic E-state index is 13.4. The molecule has 1 fully saturated rings. The highest BCUT2D eigenvalue weighted by molar-refractivity contribution is 7.14. The Morgan fingerprint density at radius 1 is 1.08 bits per heavy atom. The number of fused-ring (bicyclic) bond motifs is 3. The number of rotatable bonds is 2. The minimum Gasteiger partial charge on any atom is -0.497 e.